The summed E-state index contributed by atoms with van der Waals surface area (Å²) < 4.78 is 14.6. The first kappa shape index (κ1) is 13.5. The molecule has 1 fully saturated rings. The van der Waals surface area contributed by atoms with E-state index in [4.69, 9.17) is 0 Å². The van der Waals surface area contributed by atoms with Crippen LogP contribution >= 0.6 is 11.3 Å². The fourth-order valence-corrected chi connectivity index (χ4v) is 3.52. The fraction of sp³-hybridized carbons (Fsp3) is 0.400. The summed E-state index contributed by atoms with van der Waals surface area (Å²) >= 11 is 1.31. The Morgan fingerprint density at radius 3 is 2.85 bits per heavy atom. The molecule has 0 radical (unpaired) electrons. The predicted octanol–water partition coefficient (Wildman–Crippen LogP) is 2.85. The molecule has 106 valence electrons. The molecule has 0 spiro atoms. The lowest BCUT2D eigenvalue weighted by atomic mass is 10.1. The van der Waals surface area contributed by atoms with Crippen LogP contribution in [-0.2, 0) is 0 Å². The van der Waals surface area contributed by atoms with Crippen LogP contribution in [0.1, 0.15) is 28.1 Å². The predicted molar refractivity (Wildman–Crippen MR) is 77.6 cm³/mol. The lowest BCUT2D eigenvalue weighted by Gasteiger charge is -2.12. The Labute approximate surface area is 120 Å². The average Bonchev–Trinajstić information content (AvgIpc) is 3.15. The molecule has 20 heavy (non-hydrogen) atoms. The minimum Gasteiger partial charge on any atom is -0.396 e. The zero-order chi connectivity index (χ0) is 14.3. The number of aryl methyl sites for hydroxylation is 1. The first-order valence-electron chi connectivity index (χ1n) is 6.63. The molecule has 0 aliphatic heterocycles. The van der Waals surface area contributed by atoms with Gasteiger partial charge in [-0.1, -0.05) is 6.07 Å². The number of thiophene rings is 1. The number of halogens is 1. The molecule has 0 atom stereocenters. The van der Waals surface area contributed by atoms with Crippen LogP contribution in [0, 0.1) is 18.2 Å². The third-order valence-corrected chi connectivity index (χ3v) is 5.28. The highest BCUT2D eigenvalue weighted by Gasteiger charge is 2.42. The second kappa shape index (κ2) is 4.82. The first-order chi connectivity index (χ1) is 9.56. The van der Waals surface area contributed by atoms with Gasteiger partial charge < -0.3 is 10.4 Å². The Balaban J connectivity index is 1.85. The van der Waals surface area contributed by atoms with E-state index in [1.165, 1.54) is 17.4 Å². The molecule has 0 saturated heterocycles. The van der Waals surface area contributed by atoms with Gasteiger partial charge in [0, 0.05) is 22.0 Å². The van der Waals surface area contributed by atoms with Crippen LogP contribution in [-0.4, -0.2) is 24.2 Å². The van der Waals surface area contributed by atoms with Crippen LogP contribution < -0.4 is 5.32 Å². The van der Waals surface area contributed by atoms with Gasteiger partial charge in [0.15, 0.2) is 0 Å². The fourth-order valence-electron chi connectivity index (χ4n) is 2.39. The number of aliphatic hydroxyl groups excluding tert-OH is 1. The SMILES string of the molecule is Cc1c(C(=O)NCC2(CO)CC2)sc2cccc(F)c12. The van der Waals surface area contributed by atoms with Crippen molar-refractivity contribution in [2.45, 2.75) is 19.8 Å². The van der Waals surface area contributed by atoms with Gasteiger partial charge in [0.1, 0.15) is 5.82 Å². The highest BCUT2D eigenvalue weighted by molar-refractivity contribution is 7.21. The van der Waals surface area contributed by atoms with E-state index in [-0.39, 0.29) is 23.7 Å². The Bertz CT molecular complexity index is 676. The average molecular weight is 293 g/mol. The largest absolute Gasteiger partial charge is 0.396 e. The number of hydrogen-bond acceptors (Lipinski definition) is 3. The number of hydrogen-bond donors (Lipinski definition) is 2. The van der Waals surface area contributed by atoms with E-state index in [1.54, 1.807) is 13.0 Å². The highest BCUT2D eigenvalue weighted by Crippen LogP contribution is 2.44. The van der Waals surface area contributed by atoms with E-state index < -0.39 is 0 Å². The van der Waals surface area contributed by atoms with Crippen LogP contribution in [0.25, 0.3) is 10.1 Å². The number of carbonyl (C=O) groups excluding carboxylic acids is 1. The Kier molecular flexibility index (Phi) is 3.26. The summed E-state index contributed by atoms with van der Waals surface area (Å²) in [5.41, 5.74) is 0.570. The molecule has 3 nitrogen and oxygen atoms in total. The summed E-state index contributed by atoms with van der Waals surface area (Å²) in [6.07, 6.45) is 1.90. The Morgan fingerprint density at radius 1 is 1.50 bits per heavy atom. The van der Waals surface area contributed by atoms with Gasteiger partial charge in [0.2, 0.25) is 0 Å². The highest BCUT2D eigenvalue weighted by atomic mass is 32.1. The molecule has 1 amide bonds. The summed E-state index contributed by atoms with van der Waals surface area (Å²) in [7, 11) is 0. The molecule has 0 bridgehead atoms. The lowest BCUT2D eigenvalue weighted by Crippen LogP contribution is -2.31. The van der Waals surface area contributed by atoms with E-state index in [0.29, 0.717) is 22.4 Å². The number of benzene rings is 1. The number of fused-ring (bicyclic) bond motifs is 1. The first-order valence-corrected chi connectivity index (χ1v) is 7.45. The van der Waals surface area contributed by atoms with Crippen molar-refractivity contribution >= 4 is 27.3 Å². The van der Waals surface area contributed by atoms with E-state index in [9.17, 15) is 14.3 Å². The summed E-state index contributed by atoms with van der Waals surface area (Å²) in [5, 5.41) is 12.6. The van der Waals surface area contributed by atoms with E-state index in [0.717, 1.165) is 17.5 Å². The van der Waals surface area contributed by atoms with E-state index in [1.807, 2.05) is 6.07 Å². The minimum absolute atomic E-state index is 0.104. The van der Waals surface area contributed by atoms with Gasteiger partial charge in [-0.05, 0) is 37.5 Å². The normalized spacial score (nSPS) is 16.4. The molecule has 1 aliphatic carbocycles. The van der Waals surface area contributed by atoms with Crippen molar-refractivity contribution < 1.29 is 14.3 Å². The molecule has 1 aromatic carbocycles. The molecule has 3 rings (SSSR count). The molecule has 2 aromatic rings. The van der Waals surface area contributed by atoms with Crippen LogP contribution in [0.3, 0.4) is 0 Å². The molecule has 5 heteroatoms. The van der Waals surface area contributed by atoms with Gasteiger partial charge in [-0.25, -0.2) is 4.39 Å². The van der Waals surface area contributed by atoms with Crippen molar-refractivity contribution in [1.29, 1.82) is 0 Å². The maximum atomic E-state index is 13.8. The van der Waals surface area contributed by atoms with E-state index in [2.05, 4.69) is 5.32 Å². The molecule has 1 aliphatic rings. The zero-order valence-electron chi connectivity index (χ0n) is 11.2. The second-order valence-corrected chi connectivity index (χ2v) is 6.56. The standard InChI is InChI=1S/C15H16FNO2S/c1-9-12-10(16)3-2-4-11(12)20-13(9)14(19)17-7-15(8-18)5-6-15/h2-4,18H,5-8H2,1H3,(H,17,19). The molecule has 1 heterocycles. The Morgan fingerprint density at radius 2 is 2.25 bits per heavy atom. The van der Waals surface area contributed by atoms with Crippen molar-refractivity contribution in [3.63, 3.8) is 0 Å². The van der Waals surface area contributed by atoms with Crippen LogP contribution in [0.15, 0.2) is 18.2 Å². The Hall–Kier alpha value is -1.46. The minimum atomic E-state index is -0.288. The lowest BCUT2D eigenvalue weighted by molar-refractivity contribution is 0.0939. The van der Waals surface area contributed by atoms with Crippen LogP contribution in [0.2, 0.25) is 0 Å². The van der Waals surface area contributed by atoms with Gasteiger partial charge in [-0.2, -0.15) is 0 Å². The zero-order valence-corrected chi connectivity index (χ0v) is 12.0. The van der Waals surface area contributed by atoms with Gasteiger partial charge in [0.05, 0.1) is 11.5 Å². The van der Waals surface area contributed by atoms with E-state index >= 15 is 0 Å². The second-order valence-electron chi connectivity index (χ2n) is 5.51. The van der Waals surface area contributed by atoms with Crippen molar-refractivity contribution in [2.24, 2.45) is 5.41 Å². The molecule has 2 N–H and O–H groups in total. The third kappa shape index (κ3) is 2.21. The van der Waals surface area contributed by atoms with Gasteiger partial charge >= 0.3 is 0 Å². The maximum absolute atomic E-state index is 13.8. The number of nitrogens with one attached hydrogen (secondary N) is 1. The summed E-state index contributed by atoms with van der Waals surface area (Å²) in [6.45, 7) is 2.36. The summed E-state index contributed by atoms with van der Waals surface area (Å²) in [6, 6.07) is 4.89. The van der Waals surface area contributed by atoms with Crippen LogP contribution in [0.4, 0.5) is 4.39 Å². The van der Waals surface area contributed by atoms with Crippen molar-refractivity contribution in [3.05, 3.63) is 34.5 Å². The van der Waals surface area contributed by atoms with Crippen molar-refractivity contribution in [2.75, 3.05) is 13.2 Å². The van der Waals surface area contributed by atoms with Crippen molar-refractivity contribution in [3.8, 4) is 0 Å². The number of carbonyl (C=O) groups is 1. The van der Waals surface area contributed by atoms with Crippen molar-refractivity contribution in [1.82, 2.24) is 5.32 Å². The number of rotatable bonds is 4. The maximum Gasteiger partial charge on any atom is 0.261 e. The number of amides is 1. The van der Waals surface area contributed by atoms with Crippen LogP contribution in [0.5, 0.6) is 0 Å². The molecular weight excluding hydrogens is 277 g/mol. The molecule has 1 aromatic heterocycles. The molecule has 0 unspecified atom stereocenters. The third-order valence-electron chi connectivity index (χ3n) is 4.03. The van der Waals surface area contributed by atoms with Gasteiger partial charge in [-0.15, -0.1) is 11.3 Å². The molecular formula is C15H16FNO2S. The number of aliphatic hydroxyl groups is 1. The molecule has 1 saturated carbocycles. The smallest absolute Gasteiger partial charge is 0.261 e. The summed E-state index contributed by atoms with van der Waals surface area (Å²) in [5.74, 6) is -0.466. The monoisotopic (exact) mass is 293 g/mol. The topological polar surface area (TPSA) is 49.3 Å². The van der Waals surface area contributed by atoms with Gasteiger partial charge in [-0.3, -0.25) is 4.79 Å². The quantitative estimate of drug-likeness (QED) is 0.910. The van der Waals surface area contributed by atoms with Gasteiger partial charge in [0.25, 0.3) is 5.91 Å². The summed E-state index contributed by atoms with van der Waals surface area (Å²) in [4.78, 5) is 12.8.